The van der Waals surface area contributed by atoms with Gasteiger partial charge in [-0.3, -0.25) is 24.2 Å². The first-order valence-corrected chi connectivity index (χ1v) is 15.4. The van der Waals surface area contributed by atoms with E-state index in [9.17, 15) is 19.2 Å². The number of guanidine groups is 1. The molecule has 2 aromatic carbocycles. The largest absolute Gasteiger partial charge is 0.370 e. The number of nitrogens with zero attached hydrogens (tertiary/aromatic N) is 1. The van der Waals surface area contributed by atoms with E-state index >= 15 is 0 Å². The highest BCUT2D eigenvalue weighted by Crippen LogP contribution is 2.19. The lowest BCUT2D eigenvalue weighted by Crippen LogP contribution is -2.58. The van der Waals surface area contributed by atoms with Crippen LogP contribution in [0.25, 0.3) is 10.9 Å². The summed E-state index contributed by atoms with van der Waals surface area (Å²) in [5, 5.41) is 9.16. The molecule has 46 heavy (non-hydrogen) atoms. The lowest BCUT2D eigenvalue weighted by Gasteiger charge is -2.25. The van der Waals surface area contributed by atoms with Crippen molar-refractivity contribution in [3.63, 3.8) is 0 Å². The van der Waals surface area contributed by atoms with Gasteiger partial charge in [0.2, 0.25) is 23.6 Å². The first-order valence-electron chi connectivity index (χ1n) is 15.4. The number of para-hydroxylation sites is 1. The number of hydrogen-bond acceptors (Lipinski definition) is 7. The third-order valence-electron chi connectivity index (χ3n) is 7.56. The number of nitrogens with one attached hydrogen (secondary N) is 4. The van der Waals surface area contributed by atoms with E-state index in [1.165, 1.54) is 0 Å². The zero-order valence-corrected chi connectivity index (χ0v) is 25.9. The van der Waals surface area contributed by atoms with Crippen LogP contribution in [0.15, 0.2) is 65.8 Å². The molecule has 3 rings (SSSR count). The highest BCUT2D eigenvalue weighted by Gasteiger charge is 2.30. The molecule has 0 bridgehead atoms. The van der Waals surface area contributed by atoms with Gasteiger partial charge in [-0.15, -0.1) is 0 Å². The Balaban J connectivity index is 1.81. The number of nitrogens with two attached hydrogens (primary N) is 5. The van der Waals surface area contributed by atoms with Crippen LogP contribution in [-0.4, -0.2) is 71.8 Å². The number of unbranched alkanes of at least 4 members (excludes halogenated alkanes) is 1. The van der Waals surface area contributed by atoms with Crippen molar-refractivity contribution >= 4 is 40.5 Å². The summed E-state index contributed by atoms with van der Waals surface area (Å²) in [7, 11) is 0. The minimum absolute atomic E-state index is 0.0527. The Bertz CT molecular complexity index is 1470. The van der Waals surface area contributed by atoms with Crippen molar-refractivity contribution in [2.45, 2.75) is 69.1 Å². The summed E-state index contributed by atoms with van der Waals surface area (Å²) in [6.07, 6.45) is 4.26. The molecule has 1 aromatic heterocycles. The molecule has 14 nitrogen and oxygen atoms in total. The number of fused-ring (bicyclic) bond motifs is 1. The lowest BCUT2D eigenvalue weighted by atomic mass is 10.0. The molecule has 3 aromatic rings. The number of aromatic amines is 1. The zero-order valence-electron chi connectivity index (χ0n) is 25.9. The topological polar surface area (TPSA) is 263 Å². The van der Waals surface area contributed by atoms with E-state index in [1.54, 1.807) is 6.20 Å². The van der Waals surface area contributed by atoms with Gasteiger partial charge in [-0.25, -0.2) is 0 Å². The van der Waals surface area contributed by atoms with E-state index in [0.717, 1.165) is 22.0 Å². The van der Waals surface area contributed by atoms with Crippen molar-refractivity contribution in [2.24, 2.45) is 33.7 Å². The predicted octanol–water partition coefficient (Wildman–Crippen LogP) is -0.597. The van der Waals surface area contributed by atoms with Crippen molar-refractivity contribution in [1.29, 1.82) is 0 Å². The normalized spacial score (nSPS) is 13.6. The van der Waals surface area contributed by atoms with Crippen LogP contribution < -0.4 is 44.6 Å². The molecule has 14 heteroatoms. The standard InChI is InChI=1S/C32H46N10O4/c33-15-7-6-14-25(40-29(44)23(34)12-8-16-38-32(36)37)30(45)42-27(18-21-19-39-24-13-5-4-11-22(21)24)31(46)41-26(28(35)43)17-20-9-2-1-3-10-20/h1-5,9-11,13,19,23,25-27,39H,6-8,12,14-18,33-34H2,(H2,35,43)(H,40,44)(H,41,46)(H,42,45)(H4,36,37,38)/t23-,25+,26+,27+/m1/s1. The Morgan fingerprint density at radius 1 is 0.739 bits per heavy atom. The summed E-state index contributed by atoms with van der Waals surface area (Å²) in [4.78, 5) is 59.9. The molecular formula is C32H46N10O4. The van der Waals surface area contributed by atoms with E-state index in [2.05, 4.69) is 25.9 Å². The molecule has 14 N–H and O–H groups in total. The third-order valence-corrected chi connectivity index (χ3v) is 7.56. The Kier molecular flexibility index (Phi) is 14.0. The average Bonchev–Trinajstić information content (AvgIpc) is 3.44. The van der Waals surface area contributed by atoms with Crippen LogP contribution in [0.4, 0.5) is 0 Å². The van der Waals surface area contributed by atoms with Crippen LogP contribution >= 0.6 is 0 Å². The summed E-state index contributed by atoms with van der Waals surface area (Å²) in [6.45, 7) is 0.721. The molecule has 4 amide bonds. The molecule has 4 atom stereocenters. The van der Waals surface area contributed by atoms with Crippen molar-refractivity contribution in [2.75, 3.05) is 13.1 Å². The maximum absolute atomic E-state index is 13.8. The number of aromatic nitrogens is 1. The maximum atomic E-state index is 13.8. The summed E-state index contributed by atoms with van der Waals surface area (Å²) < 4.78 is 0. The van der Waals surface area contributed by atoms with Crippen molar-refractivity contribution in [3.8, 4) is 0 Å². The van der Waals surface area contributed by atoms with Crippen molar-refractivity contribution in [3.05, 3.63) is 71.9 Å². The van der Waals surface area contributed by atoms with Crippen molar-refractivity contribution in [1.82, 2.24) is 20.9 Å². The molecule has 0 fully saturated rings. The Hall–Kier alpha value is -4.95. The number of carbonyl (C=O) groups is 4. The van der Waals surface area contributed by atoms with Gasteiger partial charge in [0.05, 0.1) is 6.04 Å². The van der Waals surface area contributed by atoms with Gasteiger partial charge in [0.25, 0.3) is 0 Å². The quantitative estimate of drug-likeness (QED) is 0.0466. The van der Waals surface area contributed by atoms with Gasteiger partial charge in [-0.2, -0.15) is 0 Å². The van der Waals surface area contributed by atoms with E-state index in [4.69, 9.17) is 28.7 Å². The highest BCUT2D eigenvalue weighted by atomic mass is 16.2. The SMILES string of the molecule is NCCCC[C@H](NC(=O)[C@H](N)CCCN=C(N)N)C(=O)N[C@@H](Cc1c[nH]c2ccccc12)C(=O)N[C@@H](Cc1ccccc1)C(N)=O. The second-order valence-electron chi connectivity index (χ2n) is 11.2. The molecular weight excluding hydrogens is 588 g/mol. The fourth-order valence-corrected chi connectivity index (χ4v) is 5.04. The van der Waals surface area contributed by atoms with Crippen LogP contribution in [0.2, 0.25) is 0 Å². The molecule has 1 heterocycles. The van der Waals surface area contributed by atoms with E-state index in [1.807, 2.05) is 54.6 Å². The fourth-order valence-electron chi connectivity index (χ4n) is 5.04. The van der Waals surface area contributed by atoms with Crippen LogP contribution in [-0.2, 0) is 32.0 Å². The highest BCUT2D eigenvalue weighted by molar-refractivity contribution is 5.95. The van der Waals surface area contributed by atoms with Crippen LogP contribution in [0.3, 0.4) is 0 Å². The molecule has 0 saturated carbocycles. The van der Waals surface area contributed by atoms with Crippen LogP contribution in [0.1, 0.15) is 43.2 Å². The number of H-pyrrole nitrogens is 1. The Morgan fingerprint density at radius 3 is 2.09 bits per heavy atom. The van der Waals surface area contributed by atoms with Crippen LogP contribution in [0.5, 0.6) is 0 Å². The second-order valence-corrected chi connectivity index (χ2v) is 11.2. The summed E-state index contributed by atoms with van der Waals surface area (Å²) in [5.74, 6) is -2.45. The number of primary amides is 1. The van der Waals surface area contributed by atoms with Gasteiger partial charge in [-0.1, -0.05) is 48.5 Å². The van der Waals surface area contributed by atoms with Crippen LogP contribution in [0, 0.1) is 0 Å². The van der Waals surface area contributed by atoms with Gasteiger partial charge in [0.15, 0.2) is 5.96 Å². The Morgan fingerprint density at radius 2 is 1.39 bits per heavy atom. The summed E-state index contributed by atoms with van der Waals surface area (Å²) >= 11 is 0. The number of benzene rings is 2. The zero-order chi connectivity index (χ0) is 33.5. The minimum atomic E-state index is -1.11. The first kappa shape index (κ1) is 35.5. The summed E-state index contributed by atoms with van der Waals surface area (Å²) in [6, 6.07) is 12.7. The summed E-state index contributed by atoms with van der Waals surface area (Å²) in [5.41, 5.74) is 30.6. The molecule has 248 valence electrons. The Labute approximate surface area is 268 Å². The molecule has 0 radical (unpaired) electrons. The van der Waals surface area contributed by atoms with E-state index < -0.39 is 47.8 Å². The number of rotatable bonds is 19. The monoisotopic (exact) mass is 634 g/mol. The van der Waals surface area contributed by atoms with Gasteiger partial charge >= 0.3 is 0 Å². The third kappa shape index (κ3) is 11.2. The minimum Gasteiger partial charge on any atom is -0.370 e. The molecule has 0 spiro atoms. The first-order chi connectivity index (χ1) is 22.1. The van der Waals surface area contributed by atoms with Gasteiger partial charge in [0, 0.05) is 36.5 Å². The number of aliphatic imine (C=N–C) groups is 1. The fraction of sp³-hybridized carbons (Fsp3) is 0.406. The number of carbonyl (C=O) groups excluding carboxylic acids is 4. The average molecular weight is 635 g/mol. The smallest absolute Gasteiger partial charge is 0.243 e. The van der Waals surface area contributed by atoms with E-state index in [0.29, 0.717) is 38.8 Å². The molecule has 0 aliphatic heterocycles. The lowest BCUT2D eigenvalue weighted by molar-refractivity contribution is -0.133. The maximum Gasteiger partial charge on any atom is 0.243 e. The van der Waals surface area contributed by atoms with E-state index in [-0.39, 0.29) is 25.2 Å². The van der Waals surface area contributed by atoms with Crippen molar-refractivity contribution < 1.29 is 19.2 Å². The van der Waals surface area contributed by atoms with Gasteiger partial charge in [-0.05, 0) is 55.8 Å². The van der Waals surface area contributed by atoms with Gasteiger partial charge in [0.1, 0.15) is 18.1 Å². The predicted molar refractivity (Wildman–Crippen MR) is 178 cm³/mol. The second kappa shape index (κ2) is 18.1. The molecule has 0 aliphatic carbocycles. The molecule has 0 unspecified atom stereocenters. The number of amides is 4. The number of hydrogen-bond donors (Lipinski definition) is 9. The molecule has 0 aliphatic rings. The van der Waals surface area contributed by atoms with Gasteiger partial charge < -0.3 is 49.6 Å². The molecule has 0 saturated heterocycles.